The number of para-hydroxylation sites is 1. The number of urea groups is 1. The first-order valence-electron chi connectivity index (χ1n) is 17.4. The van der Waals surface area contributed by atoms with Gasteiger partial charge < -0.3 is 35.4 Å². The Morgan fingerprint density at radius 2 is 1.65 bits per heavy atom. The van der Waals surface area contributed by atoms with Crippen molar-refractivity contribution in [3.05, 3.63) is 58.1 Å². The molecule has 6 aliphatic heterocycles. The summed E-state index contributed by atoms with van der Waals surface area (Å²) < 4.78 is 6.05. The molecular formula is C37H45ClN6O4. The summed E-state index contributed by atoms with van der Waals surface area (Å²) in [6.45, 7) is 6.34. The lowest BCUT2D eigenvalue weighted by molar-refractivity contribution is -0.143. The van der Waals surface area contributed by atoms with Crippen LogP contribution in [0.4, 0.5) is 21.0 Å². The number of hydrogen-bond donors (Lipinski definition) is 2. The van der Waals surface area contributed by atoms with Crippen molar-refractivity contribution in [1.29, 1.82) is 0 Å². The highest BCUT2D eigenvalue weighted by Gasteiger charge is 2.41. The van der Waals surface area contributed by atoms with E-state index in [0.29, 0.717) is 79.2 Å². The normalized spacial score (nSPS) is 25.2. The second-order valence-electron chi connectivity index (χ2n) is 14.2. The molecule has 2 aromatic carbocycles. The number of nitrogens with zero attached hydrogens (tertiary/aromatic N) is 4. The number of nitrogens with one attached hydrogen (secondary N) is 1. The molecule has 6 aliphatic rings. The fraction of sp³-hybridized carbons (Fsp3) is 0.541. The molecule has 10 nitrogen and oxygen atoms in total. The maximum Gasteiger partial charge on any atom is 0.410 e. The van der Waals surface area contributed by atoms with Gasteiger partial charge in [-0.3, -0.25) is 4.79 Å². The van der Waals surface area contributed by atoms with Crippen molar-refractivity contribution in [2.45, 2.75) is 63.6 Å². The summed E-state index contributed by atoms with van der Waals surface area (Å²) >= 11 is 6.40. The Morgan fingerprint density at radius 3 is 2.33 bits per heavy atom. The Labute approximate surface area is 287 Å². The van der Waals surface area contributed by atoms with Gasteiger partial charge in [0.1, 0.15) is 0 Å². The van der Waals surface area contributed by atoms with E-state index in [4.69, 9.17) is 28.5 Å². The minimum atomic E-state index is -1.03. The van der Waals surface area contributed by atoms with Crippen LogP contribution in [-0.4, -0.2) is 95.6 Å². The number of amides is 4. The fourth-order valence-electron chi connectivity index (χ4n) is 8.67. The molecule has 5 fully saturated rings. The van der Waals surface area contributed by atoms with Gasteiger partial charge in [-0.15, -0.1) is 6.42 Å². The number of rotatable bonds is 6. The lowest BCUT2D eigenvalue weighted by atomic mass is 9.70. The number of likely N-dealkylation sites (tertiary alicyclic amines) is 2. The molecule has 2 aromatic rings. The number of carbonyl (C=O) groups excluding carboxylic acids is 3. The van der Waals surface area contributed by atoms with Crippen molar-refractivity contribution in [3.63, 3.8) is 0 Å². The van der Waals surface area contributed by atoms with Crippen molar-refractivity contribution in [3.8, 4) is 12.3 Å². The summed E-state index contributed by atoms with van der Waals surface area (Å²) in [6, 6.07) is 11.1. The number of anilines is 2. The van der Waals surface area contributed by atoms with E-state index >= 15 is 0 Å². The van der Waals surface area contributed by atoms with Crippen LogP contribution in [0.1, 0.15) is 55.2 Å². The van der Waals surface area contributed by atoms with Crippen LogP contribution in [0.15, 0.2) is 36.4 Å². The smallest absolute Gasteiger partial charge is 0.410 e. The van der Waals surface area contributed by atoms with Crippen molar-refractivity contribution in [1.82, 2.24) is 19.6 Å². The van der Waals surface area contributed by atoms with Gasteiger partial charge in [0.15, 0.2) is 6.10 Å². The standard InChI is InChI=1S/C37H45ClN6O4/c1-2-25-19-24(20-31(38)34(25)39)21-33(35(45)42-15-9-27(10-16-42)30-23-41-13-7-26(30)8-14-41)48-37(47)43-17-11-29(12-18-43)44-22-28-5-3-4-6-32(28)40-36(44)46/h1,3-6,19-20,26-27,29-30,33H,7-18,21-23,39H2,(H,40,46)/t30?,33-/m1/s1. The van der Waals surface area contributed by atoms with Crippen LogP contribution in [0, 0.1) is 30.1 Å². The third-order valence-corrected chi connectivity index (χ3v) is 11.8. The van der Waals surface area contributed by atoms with Gasteiger partial charge in [0.2, 0.25) is 0 Å². The molecule has 5 saturated heterocycles. The monoisotopic (exact) mass is 672 g/mol. The van der Waals surface area contributed by atoms with Gasteiger partial charge in [0.05, 0.1) is 10.7 Å². The zero-order valence-electron chi connectivity index (χ0n) is 27.4. The van der Waals surface area contributed by atoms with Crippen LogP contribution in [-0.2, 0) is 22.5 Å². The van der Waals surface area contributed by atoms with E-state index in [0.717, 1.165) is 30.0 Å². The Morgan fingerprint density at radius 1 is 0.979 bits per heavy atom. The SMILES string of the molecule is C#Cc1cc(C[C@@H](OC(=O)N2CCC(N3Cc4ccccc4NC3=O)CC2)C(=O)N2CCC(C3CN4CCC3CC4)CC2)cc(Cl)c1N. The second-order valence-corrected chi connectivity index (χ2v) is 14.6. The number of ether oxygens (including phenoxy) is 1. The Kier molecular flexibility index (Phi) is 9.43. The highest BCUT2D eigenvalue weighted by molar-refractivity contribution is 6.33. The van der Waals surface area contributed by atoms with Crippen molar-refractivity contribution >= 4 is 41.0 Å². The fourth-order valence-corrected chi connectivity index (χ4v) is 8.92. The van der Waals surface area contributed by atoms with Gasteiger partial charge in [0, 0.05) is 63.0 Å². The molecule has 0 saturated carbocycles. The van der Waals surface area contributed by atoms with Gasteiger partial charge in [-0.2, -0.15) is 0 Å². The second kappa shape index (κ2) is 13.9. The molecule has 4 amide bonds. The summed E-state index contributed by atoms with van der Waals surface area (Å²) in [7, 11) is 0. The number of carbonyl (C=O) groups is 3. The van der Waals surface area contributed by atoms with Crippen LogP contribution >= 0.6 is 11.6 Å². The molecule has 11 heteroatoms. The molecule has 0 spiro atoms. The molecule has 2 atom stereocenters. The predicted octanol–water partition coefficient (Wildman–Crippen LogP) is 5.04. The quantitative estimate of drug-likeness (QED) is 0.329. The van der Waals surface area contributed by atoms with Gasteiger partial charge in [-0.05, 0) is 98.7 Å². The number of nitrogens with two attached hydrogens (primary N) is 1. The first-order chi connectivity index (χ1) is 23.3. The van der Waals surface area contributed by atoms with Crippen LogP contribution in [0.3, 0.4) is 0 Å². The van der Waals surface area contributed by atoms with E-state index in [1.807, 2.05) is 34.1 Å². The maximum atomic E-state index is 14.1. The van der Waals surface area contributed by atoms with E-state index in [-0.39, 0.29) is 24.4 Å². The van der Waals surface area contributed by atoms with Gasteiger partial charge in [-0.25, -0.2) is 9.59 Å². The van der Waals surface area contributed by atoms with Gasteiger partial charge in [-0.1, -0.05) is 35.7 Å². The molecule has 0 aliphatic carbocycles. The summed E-state index contributed by atoms with van der Waals surface area (Å²) in [5, 5.41) is 3.29. The van der Waals surface area contributed by atoms with Crippen LogP contribution in [0.5, 0.6) is 0 Å². The number of fused-ring (bicyclic) bond motifs is 4. The first-order valence-corrected chi connectivity index (χ1v) is 17.8. The molecule has 0 radical (unpaired) electrons. The summed E-state index contributed by atoms with van der Waals surface area (Å²) in [5.74, 6) is 4.51. The highest BCUT2D eigenvalue weighted by Crippen LogP contribution is 2.40. The Hall–Kier alpha value is -3.94. The Balaban J connectivity index is 1.01. The first kappa shape index (κ1) is 32.6. The van der Waals surface area contributed by atoms with Crippen molar-refractivity contribution in [2.75, 3.05) is 56.9 Å². The average Bonchev–Trinajstić information content (AvgIpc) is 3.12. The topological polar surface area (TPSA) is 111 Å². The summed E-state index contributed by atoms with van der Waals surface area (Å²) in [5.41, 5.74) is 9.43. The zero-order chi connectivity index (χ0) is 33.4. The van der Waals surface area contributed by atoms with E-state index in [1.165, 1.54) is 32.5 Å². The van der Waals surface area contributed by atoms with Crippen molar-refractivity contribution in [2.24, 2.45) is 17.8 Å². The minimum absolute atomic E-state index is 0.00332. The maximum absolute atomic E-state index is 14.1. The molecular weight excluding hydrogens is 628 g/mol. The van der Waals surface area contributed by atoms with E-state index in [9.17, 15) is 14.4 Å². The lowest BCUT2D eigenvalue weighted by Gasteiger charge is -2.49. The van der Waals surface area contributed by atoms with Crippen LogP contribution in [0.2, 0.25) is 5.02 Å². The molecule has 48 heavy (non-hydrogen) atoms. The predicted molar refractivity (Wildman–Crippen MR) is 185 cm³/mol. The zero-order valence-corrected chi connectivity index (χ0v) is 28.2. The number of halogens is 1. The van der Waals surface area contributed by atoms with E-state index in [1.54, 1.807) is 17.0 Å². The number of benzene rings is 2. The third-order valence-electron chi connectivity index (χ3n) is 11.5. The summed E-state index contributed by atoms with van der Waals surface area (Å²) in [6.07, 6.45) is 10.0. The van der Waals surface area contributed by atoms with E-state index in [2.05, 4.69) is 16.1 Å². The molecule has 254 valence electrons. The Bertz CT molecular complexity index is 1590. The van der Waals surface area contributed by atoms with Gasteiger partial charge >= 0.3 is 12.1 Å². The lowest BCUT2D eigenvalue weighted by Crippen LogP contribution is -2.53. The van der Waals surface area contributed by atoms with Crippen LogP contribution in [0.25, 0.3) is 0 Å². The molecule has 8 rings (SSSR count). The average molecular weight is 673 g/mol. The van der Waals surface area contributed by atoms with Crippen LogP contribution < -0.4 is 11.1 Å². The molecule has 0 aromatic heterocycles. The molecule has 1 unspecified atom stereocenters. The summed E-state index contributed by atoms with van der Waals surface area (Å²) in [4.78, 5) is 48.6. The molecule has 3 N–H and O–H groups in total. The number of terminal acetylenes is 1. The molecule has 2 bridgehead atoms. The largest absolute Gasteiger partial charge is 0.436 e. The minimum Gasteiger partial charge on any atom is -0.436 e. The number of nitrogen functional groups attached to an aromatic ring is 1. The number of piperidine rings is 5. The highest BCUT2D eigenvalue weighted by atomic mass is 35.5. The van der Waals surface area contributed by atoms with E-state index < -0.39 is 12.2 Å². The van der Waals surface area contributed by atoms with Crippen molar-refractivity contribution < 1.29 is 19.1 Å². The third kappa shape index (κ3) is 6.68. The molecule has 6 heterocycles. The number of hydrogen-bond acceptors (Lipinski definition) is 6. The van der Waals surface area contributed by atoms with Gasteiger partial charge in [0.25, 0.3) is 5.91 Å².